The van der Waals surface area contributed by atoms with Crippen LogP contribution < -0.4 is 10.1 Å². The number of ether oxygens (including phenoxy) is 1. The van der Waals surface area contributed by atoms with Crippen LogP contribution in [0.3, 0.4) is 0 Å². The van der Waals surface area contributed by atoms with Gasteiger partial charge in [0.25, 0.3) is 5.91 Å². The molecular weight excluding hydrogens is 360 g/mol. The summed E-state index contributed by atoms with van der Waals surface area (Å²) in [6, 6.07) is 10.7. The van der Waals surface area contributed by atoms with Crippen molar-refractivity contribution in [2.24, 2.45) is 11.3 Å². The predicted octanol–water partition coefficient (Wildman–Crippen LogP) is 5.86. The van der Waals surface area contributed by atoms with Gasteiger partial charge in [-0.3, -0.25) is 4.79 Å². The Bertz CT molecular complexity index is 776. The van der Waals surface area contributed by atoms with E-state index in [0.717, 1.165) is 25.7 Å². The predicted molar refractivity (Wildman–Crippen MR) is 108 cm³/mol. The molecule has 4 nitrogen and oxygen atoms in total. The maximum absolute atomic E-state index is 12.8. The lowest BCUT2D eigenvalue weighted by atomic mass is 9.71. The lowest BCUT2D eigenvalue weighted by Gasteiger charge is -2.37. The highest BCUT2D eigenvalue weighted by Gasteiger charge is 2.30. The molecule has 27 heavy (non-hydrogen) atoms. The summed E-state index contributed by atoms with van der Waals surface area (Å²) in [5.41, 5.74) is 0.781. The third-order valence-corrected chi connectivity index (χ3v) is 5.58. The maximum atomic E-state index is 12.8. The van der Waals surface area contributed by atoms with Gasteiger partial charge in [-0.25, -0.2) is 4.98 Å². The molecule has 1 aliphatic carbocycles. The Hall–Kier alpha value is -2.07. The van der Waals surface area contributed by atoms with Gasteiger partial charge in [-0.2, -0.15) is 0 Å². The second-order valence-corrected chi connectivity index (χ2v) is 8.74. The molecule has 5 heteroatoms. The zero-order valence-electron chi connectivity index (χ0n) is 16.2. The van der Waals surface area contributed by atoms with Crippen molar-refractivity contribution in [3.8, 4) is 11.6 Å². The van der Waals surface area contributed by atoms with Gasteiger partial charge in [0.1, 0.15) is 11.3 Å². The molecular formula is C22H27ClN2O2. The van der Waals surface area contributed by atoms with E-state index in [0.29, 0.717) is 33.5 Å². The first kappa shape index (κ1) is 19.7. The molecule has 1 aromatic carbocycles. The summed E-state index contributed by atoms with van der Waals surface area (Å²) in [5.74, 6) is 1.48. The summed E-state index contributed by atoms with van der Waals surface area (Å²) in [6.45, 7) is 6.89. The fourth-order valence-electron chi connectivity index (χ4n) is 3.63. The minimum absolute atomic E-state index is 0.133. The molecule has 144 valence electrons. The molecule has 1 aromatic heterocycles. The Kier molecular flexibility index (Phi) is 6.05. The van der Waals surface area contributed by atoms with Gasteiger partial charge in [0, 0.05) is 17.3 Å². The molecule has 0 spiro atoms. The third-order valence-electron chi connectivity index (χ3n) is 5.33. The van der Waals surface area contributed by atoms with Crippen LogP contribution in [0.4, 0.5) is 0 Å². The van der Waals surface area contributed by atoms with Gasteiger partial charge >= 0.3 is 0 Å². The van der Waals surface area contributed by atoms with Crippen molar-refractivity contribution in [1.29, 1.82) is 0 Å². The van der Waals surface area contributed by atoms with Crippen molar-refractivity contribution in [3.63, 3.8) is 0 Å². The van der Waals surface area contributed by atoms with Crippen LogP contribution in [0, 0.1) is 11.3 Å². The summed E-state index contributed by atoms with van der Waals surface area (Å²) in [6.07, 6.45) is 5.95. The van der Waals surface area contributed by atoms with Crippen molar-refractivity contribution < 1.29 is 9.53 Å². The van der Waals surface area contributed by atoms with Crippen molar-refractivity contribution >= 4 is 17.5 Å². The van der Waals surface area contributed by atoms with Crippen LogP contribution in [0.1, 0.15) is 56.8 Å². The number of halogens is 1. The molecule has 1 heterocycles. The molecule has 0 aliphatic heterocycles. The second-order valence-electron chi connectivity index (χ2n) is 8.30. The van der Waals surface area contributed by atoms with Gasteiger partial charge < -0.3 is 10.1 Å². The summed E-state index contributed by atoms with van der Waals surface area (Å²) < 4.78 is 5.81. The van der Waals surface area contributed by atoms with Crippen molar-refractivity contribution in [2.45, 2.75) is 52.5 Å². The van der Waals surface area contributed by atoms with Gasteiger partial charge in [-0.05, 0) is 73.4 Å². The number of carbonyl (C=O) groups excluding carboxylic acids is 1. The Morgan fingerprint density at radius 1 is 1.11 bits per heavy atom. The smallest absolute Gasteiger partial charge is 0.257 e. The van der Waals surface area contributed by atoms with Gasteiger partial charge in [0.2, 0.25) is 5.88 Å². The summed E-state index contributed by atoms with van der Waals surface area (Å²) in [5, 5.41) is 3.79. The molecule has 3 rings (SSSR count). The van der Waals surface area contributed by atoms with Crippen LogP contribution in [0.5, 0.6) is 11.6 Å². The lowest BCUT2D eigenvalue weighted by molar-refractivity contribution is 0.0901. The Labute approximate surface area is 166 Å². The monoisotopic (exact) mass is 386 g/mol. The van der Waals surface area contributed by atoms with Crippen LogP contribution in [-0.4, -0.2) is 16.9 Å². The van der Waals surface area contributed by atoms with E-state index in [-0.39, 0.29) is 11.9 Å². The zero-order chi connectivity index (χ0) is 19.4. The summed E-state index contributed by atoms with van der Waals surface area (Å²) in [4.78, 5) is 17.0. The van der Waals surface area contributed by atoms with Crippen molar-refractivity contribution in [2.75, 3.05) is 0 Å². The van der Waals surface area contributed by atoms with E-state index in [9.17, 15) is 4.79 Å². The van der Waals surface area contributed by atoms with Crippen LogP contribution >= 0.6 is 11.6 Å². The minimum atomic E-state index is -0.133. The number of nitrogens with zero attached hydrogens (tertiary/aromatic N) is 1. The number of hydrogen-bond donors (Lipinski definition) is 1. The second kappa shape index (κ2) is 8.30. The number of amides is 1. The number of nitrogens with one attached hydrogen (secondary N) is 1. The number of aromatic nitrogens is 1. The van der Waals surface area contributed by atoms with Crippen LogP contribution in [0.2, 0.25) is 5.02 Å². The van der Waals surface area contributed by atoms with Gasteiger partial charge in [-0.15, -0.1) is 0 Å². The van der Waals surface area contributed by atoms with Gasteiger partial charge in [0.05, 0.1) is 0 Å². The van der Waals surface area contributed by atoms with E-state index < -0.39 is 0 Å². The molecule has 0 bridgehead atoms. The molecule has 1 saturated carbocycles. The normalized spacial score (nSPS) is 20.1. The zero-order valence-corrected chi connectivity index (χ0v) is 16.9. The van der Waals surface area contributed by atoms with Crippen molar-refractivity contribution in [1.82, 2.24) is 10.3 Å². The van der Waals surface area contributed by atoms with Crippen molar-refractivity contribution in [3.05, 3.63) is 53.2 Å². The molecule has 0 radical (unpaired) electrons. The highest BCUT2D eigenvalue weighted by molar-refractivity contribution is 6.30. The fourth-order valence-corrected chi connectivity index (χ4v) is 3.75. The average molecular weight is 387 g/mol. The third kappa shape index (κ3) is 5.23. The highest BCUT2D eigenvalue weighted by Crippen LogP contribution is 2.37. The summed E-state index contributed by atoms with van der Waals surface area (Å²) in [7, 11) is 0. The number of carbonyl (C=O) groups is 1. The first-order valence-corrected chi connectivity index (χ1v) is 9.90. The lowest BCUT2D eigenvalue weighted by Crippen LogP contribution is -2.39. The highest BCUT2D eigenvalue weighted by atomic mass is 35.5. The van der Waals surface area contributed by atoms with E-state index in [1.807, 2.05) is 0 Å². The van der Waals surface area contributed by atoms with E-state index in [4.69, 9.17) is 16.3 Å². The molecule has 2 aromatic rings. The largest absolute Gasteiger partial charge is 0.438 e. The first-order chi connectivity index (χ1) is 12.8. The first-order valence-electron chi connectivity index (χ1n) is 9.52. The fraction of sp³-hybridized carbons (Fsp3) is 0.455. The standard InChI is InChI=1S/C22H27ClN2O2/c1-22(2,3)15-6-10-17(11-7-15)25-20(26)19-5-4-14-24-21(19)27-18-12-8-16(23)9-13-18/h4-5,8-9,12-15,17H,6-7,10-11H2,1-3H3,(H,25,26). The minimum Gasteiger partial charge on any atom is -0.438 e. The van der Waals surface area contributed by atoms with E-state index in [1.165, 1.54) is 0 Å². The molecule has 0 atom stereocenters. The Balaban J connectivity index is 1.65. The maximum Gasteiger partial charge on any atom is 0.257 e. The number of hydrogen-bond acceptors (Lipinski definition) is 3. The molecule has 1 aliphatic rings. The summed E-state index contributed by atoms with van der Waals surface area (Å²) >= 11 is 5.91. The SMILES string of the molecule is CC(C)(C)C1CCC(NC(=O)c2cccnc2Oc2ccc(Cl)cc2)CC1. The van der Waals surface area contributed by atoms with E-state index >= 15 is 0 Å². The molecule has 1 N–H and O–H groups in total. The number of rotatable bonds is 4. The molecule has 1 fully saturated rings. The van der Waals surface area contributed by atoms with Gasteiger partial charge in [0.15, 0.2) is 0 Å². The van der Waals surface area contributed by atoms with Crippen LogP contribution in [0.25, 0.3) is 0 Å². The average Bonchev–Trinajstić information content (AvgIpc) is 2.64. The Morgan fingerprint density at radius 3 is 2.41 bits per heavy atom. The quantitative estimate of drug-likeness (QED) is 0.715. The molecule has 0 unspecified atom stereocenters. The number of pyridine rings is 1. The van der Waals surface area contributed by atoms with Crippen LogP contribution in [-0.2, 0) is 0 Å². The van der Waals surface area contributed by atoms with Gasteiger partial charge in [-0.1, -0.05) is 32.4 Å². The molecule has 0 saturated heterocycles. The number of benzene rings is 1. The van der Waals surface area contributed by atoms with E-state index in [2.05, 4.69) is 31.1 Å². The topological polar surface area (TPSA) is 51.2 Å². The molecule has 1 amide bonds. The van der Waals surface area contributed by atoms with Crippen LogP contribution in [0.15, 0.2) is 42.6 Å². The van der Waals surface area contributed by atoms with E-state index in [1.54, 1.807) is 42.6 Å². The Morgan fingerprint density at radius 2 is 1.78 bits per heavy atom.